The largest absolute Gasteiger partial charge is 0.370 e. The van der Waals surface area contributed by atoms with Crippen molar-refractivity contribution in [1.29, 1.82) is 0 Å². The molecule has 3 N–H and O–H groups in total. The van der Waals surface area contributed by atoms with Crippen molar-refractivity contribution in [1.82, 2.24) is 10.2 Å². The lowest BCUT2D eigenvalue weighted by Crippen LogP contribution is -2.37. The number of benzene rings is 1. The fourth-order valence-corrected chi connectivity index (χ4v) is 1.52. The second-order valence-electron chi connectivity index (χ2n) is 4.74. The molecular formula is C14H22N4O. The molecule has 1 aromatic carbocycles. The summed E-state index contributed by atoms with van der Waals surface area (Å²) in [7, 11) is 4.01. The fraction of sp³-hybridized carbons (Fsp3) is 0.429. The quantitative estimate of drug-likeness (QED) is 0.472. The van der Waals surface area contributed by atoms with Crippen LogP contribution in [-0.4, -0.2) is 44.0 Å². The van der Waals surface area contributed by atoms with Crippen LogP contribution in [0.1, 0.15) is 22.3 Å². The van der Waals surface area contributed by atoms with Gasteiger partial charge in [-0.05, 0) is 46.1 Å². The molecule has 104 valence electrons. The standard InChI is InChI=1S/C14H22N4O/c1-11-5-7-12(8-6-11)13(19)17-14(15)16-9-4-10-18(2)3/h5-8H,4,9-10H2,1-3H3,(H3,15,16,17,19). The minimum Gasteiger partial charge on any atom is -0.370 e. The van der Waals surface area contributed by atoms with Gasteiger partial charge in [0.05, 0.1) is 0 Å². The maximum atomic E-state index is 11.8. The monoisotopic (exact) mass is 262 g/mol. The van der Waals surface area contributed by atoms with Crippen molar-refractivity contribution < 1.29 is 4.79 Å². The Balaban J connectivity index is 2.43. The van der Waals surface area contributed by atoms with E-state index < -0.39 is 0 Å². The van der Waals surface area contributed by atoms with Crippen molar-refractivity contribution in [3.05, 3.63) is 35.4 Å². The predicted molar refractivity (Wildman–Crippen MR) is 78.3 cm³/mol. The Morgan fingerprint density at radius 1 is 1.32 bits per heavy atom. The Morgan fingerprint density at radius 3 is 2.53 bits per heavy atom. The van der Waals surface area contributed by atoms with Crippen molar-refractivity contribution >= 4 is 11.9 Å². The van der Waals surface area contributed by atoms with Crippen LogP contribution >= 0.6 is 0 Å². The number of nitrogens with one attached hydrogen (secondary N) is 1. The Bertz CT molecular complexity index is 437. The molecule has 1 rings (SSSR count). The van der Waals surface area contributed by atoms with Gasteiger partial charge in [-0.3, -0.25) is 15.1 Å². The van der Waals surface area contributed by atoms with Crippen molar-refractivity contribution in [2.75, 3.05) is 27.2 Å². The summed E-state index contributed by atoms with van der Waals surface area (Å²) in [6.07, 6.45) is 0.911. The average Bonchev–Trinajstić information content (AvgIpc) is 2.35. The molecule has 5 heteroatoms. The van der Waals surface area contributed by atoms with Crippen molar-refractivity contribution in [2.24, 2.45) is 10.7 Å². The Morgan fingerprint density at radius 2 is 1.95 bits per heavy atom. The summed E-state index contributed by atoms with van der Waals surface area (Å²) in [6, 6.07) is 7.31. The summed E-state index contributed by atoms with van der Waals surface area (Å²) in [4.78, 5) is 18.0. The summed E-state index contributed by atoms with van der Waals surface area (Å²) in [6.45, 7) is 3.53. The van der Waals surface area contributed by atoms with Crippen molar-refractivity contribution in [3.63, 3.8) is 0 Å². The van der Waals surface area contributed by atoms with Crippen LogP contribution in [0.15, 0.2) is 29.3 Å². The Hall–Kier alpha value is -1.88. The van der Waals surface area contributed by atoms with E-state index in [4.69, 9.17) is 5.73 Å². The zero-order valence-electron chi connectivity index (χ0n) is 11.8. The summed E-state index contributed by atoms with van der Waals surface area (Å²) in [5.41, 5.74) is 7.36. The van der Waals surface area contributed by atoms with Gasteiger partial charge in [0.15, 0.2) is 5.96 Å². The number of rotatable bonds is 5. The molecule has 5 nitrogen and oxygen atoms in total. The first-order valence-corrected chi connectivity index (χ1v) is 6.31. The molecule has 0 aromatic heterocycles. The maximum absolute atomic E-state index is 11.8. The van der Waals surface area contributed by atoms with Gasteiger partial charge in [-0.2, -0.15) is 0 Å². The molecule has 0 heterocycles. The van der Waals surface area contributed by atoms with Gasteiger partial charge in [-0.1, -0.05) is 17.7 Å². The molecule has 0 spiro atoms. The number of hydrogen-bond acceptors (Lipinski definition) is 3. The van der Waals surface area contributed by atoms with Crippen LogP contribution < -0.4 is 11.1 Å². The second-order valence-corrected chi connectivity index (χ2v) is 4.74. The SMILES string of the molecule is Cc1ccc(C(=O)NC(N)=NCCCN(C)C)cc1. The van der Waals surface area contributed by atoms with Crippen molar-refractivity contribution in [2.45, 2.75) is 13.3 Å². The third kappa shape index (κ3) is 6.01. The molecule has 0 aliphatic rings. The van der Waals surface area contributed by atoms with E-state index in [1.807, 2.05) is 33.2 Å². The molecule has 0 radical (unpaired) electrons. The van der Waals surface area contributed by atoms with Crippen LogP contribution in [0.25, 0.3) is 0 Å². The smallest absolute Gasteiger partial charge is 0.257 e. The van der Waals surface area contributed by atoms with Gasteiger partial charge in [0.25, 0.3) is 5.91 Å². The number of carbonyl (C=O) groups excluding carboxylic acids is 1. The van der Waals surface area contributed by atoms with Gasteiger partial charge in [-0.25, -0.2) is 0 Å². The lowest BCUT2D eigenvalue weighted by molar-refractivity contribution is 0.0976. The number of amides is 1. The van der Waals surface area contributed by atoms with E-state index >= 15 is 0 Å². The fourth-order valence-electron chi connectivity index (χ4n) is 1.52. The molecule has 1 amide bonds. The van der Waals surface area contributed by atoms with Crippen LogP contribution in [0.2, 0.25) is 0 Å². The summed E-state index contributed by atoms with van der Waals surface area (Å²) >= 11 is 0. The van der Waals surface area contributed by atoms with Gasteiger partial charge in [0.2, 0.25) is 0 Å². The molecule has 0 atom stereocenters. The summed E-state index contributed by atoms with van der Waals surface area (Å²) in [5.74, 6) is -0.0572. The molecule has 0 bridgehead atoms. The number of carbonyl (C=O) groups is 1. The van der Waals surface area contributed by atoms with E-state index in [9.17, 15) is 4.79 Å². The van der Waals surface area contributed by atoms with E-state index in [-0.39, 0.29) is 11.9 Å². The normalized spacial score (nSPS) is 11.7. The van der Waals surface area contributed by atoms with Crippen LogP contribution in [0.5, 0.6) is 0 Å². The van der Waals surface area contributed by atoms with Crippen LogP contribution in [0.3, 0.4) is 0 Å². The molecule has 0 aliphatic carbocycles. The van der Waals surface area contributed by atoms with Gasteiger partial charge >= 0.3 is 0 Å². The molecule has 0 unspecified atom stereocenters. The second kappa shape index (κ2) is 7.53. The average molecular weight is 262 g/mol. The first-order chi connectivity index (χ1) is 8.99. The minimum atomic E-state index is -0.228. The number of nitrogens with zero attached hydrogens (tertiary/aromatic N) is 2. The first-order valence-electron chi connectivity index (χ1n) is 6.31. The summed E-state index contributed by atoms with van der Waals surface area (Å²) < 4.78 is 0. The zero-order chi connectivity index (χ0) is 14.3. The third-order valence-electron chi connectivity index (χ3n) is 2.60. The third-order valence-corrected chi connectivity index (χ3v) is 2.60. The molecule has 0 saturated carbocycles. The highest BCUT2D eigenvalue weighted by Crippen LogP contribution is 2.02. The highest BCUT2D eigenvalue weighted by Gasteiger charge is 2.05. The molecule has 0 aliphatic heterocycles. The van der Waals surface area contributed by atoms with Crippen LogP contribution in [0.4, 0.5) is 0 Å². The highest BCUT2D eigenvalue weighted by molar-refractivity contribution is 6.05. The number of aliphatic imine (C=N–C) groups is 1. The Kier molecular flexibility index (Phi) is 6.02. The first kappa shape index (κ1) is 15.2. The van der Waals surface area contributed by atoms with Crippen molar-refractivity contribution in [3.8, 4) is 0 Å². The maximum Gasteiger partial charge on any atom is 0.257 e. The summed E-state index contributed by atoms with van der Waals surface area (Å²) in [5, 5.41) is 2.58. The number of aryl methyl sites for hydroxylation is 1. The zero-order valence-corrected chi connectivity index (χ0v) is 11.8. The molecule has 1 aromatic rings. The van der Waals surface area contributed by atoms with Crippen LogP contribution in [-0.2, 0) is 0 Å². The lowest BCUT2D eigenvalue weighted by atomic mass is 10.1. The van der Waals surface area contributed by atoms with E-state index in [2.05, 4.69) is 15.2 Å². The molecule has 0 fully saturated rings. The van der Waals surface area contributed by atoms with E-state index in [0.29, 0.717) is 12.1 Å². The van der Waals surface area contributed by atoms with E-state index in [1.54, 1.807) is 12.1 Å². The lowest BCUT2D eigenvalue weighted by Gasteiger charge is -2.08. The van der Waals surface area contributed by atoms with E-state index in [1.165, 1.54) is 0 Å². The Labute approximate surface area is 114 Å². The van der Waals surface area contributed by atoms with Crippen LogP contribution in [0, 0.1) is 6.92 Å². The van der Waals surface area contributed by atoms with Gasteiger partial charge < -0.3 is 10.6 Å². The minimum absolute atomic E-state index is 0.171. The van der Waals surface area contributed by atoms with Gasteiger partial charge in [0.1, 0.15) is 0 Å². The predicted octanol–water partition coefficient (Wildman–Crippen LogP) is 0.991. The van der Waals surface area contributed by atoms with E-state index in [0.717, 1.165) is 18.5 Å². The number of nitrogens with two attached hydrogens (primary N) is 1. The van der Waals surface area contributed by atoms with Gasteiger partial charge in [-0.15, -0.1) is 0 Å². The number of hydrogen-bond donors (Lipinski definition) is 2. The molecule has 19 heavy (non-hydrogen) atoms. The molecule has 0 saturated heterocycles. The molecular weight excluding hydrogens is 240 g/mol. The number of guanidine groups is 1. The topological polar surface area (TPSA) is 70.7 Å². The van der Waals surface area contributed by atoms with Gasteiger partial charge in [0, 0.05) is 12.1 Å². The highest BCUT2D eigenvalue weighted by atomic mass is 16.1.